The Morgan fingerprint density at radius 2 is 1.61 bits per heavy atom. The van der Waals surface area contributed by atoms with Crippen molar-refractivity contribution >= 4 is 5.97 Å². The van der Waals surface area contributed by atoms with Crippen LogP contribution in [0.3, 0.4) is 0 Å². The van der Waals surface area contributed by atoms with E-state index in [2.05, 4.69) is 26.8 Å². The Morgan fingerprint density at radius 3 is 2.24 bits per heavy atom. The van der Waals surface area contributed by atoms with Gasteiger partial charge in [0.05, 0.1) is 23.2 Å². The summed E-state index contributed by atoms with van der Waals surface area (Å²) >= 11 is 0. The maximum atomic E-state index is 12.7. The number of rotatable bonds is 7. The molecule has 7 nitrogen and oxygen atoms in total. The Labute approximate surface area is 246 Å². The minimum absolute atomic E-state index is 0.0582. The molecule has 12 unspecified atom stereocenters. The third-order valence-corrected chi connectivity index (χ3v) is 13.7. The van der Waals surface area contributed by atoms with E-state index in [1.165, 1.54) is 5.57 Å². The summed E-state index contributed by atoms with van der Waals surface area (Å²) in [5.74, 6) is 0.892. The number of ether oxygens (including phenoxy) is 1. The molecular weight excluding hydrogens is 520 g/mol. The summed E-state index contributed by atoms with van der Waals surface area (Å²) in [7, 11) is 0. The molecule has 5 aliphatic rings. The fraction of sp³-hybridized carbons (Fsp3) is 0.912. The van der Waals surface area contributed by atoms with Gasteiger partial charge in [-0.1, -0.05) is 32.4 Å². The Bertz CT molecular complexity index is 1020. The van der Waals surface area contributed by atoms with Crippen molar-refractivity contribution in [2.45, 2.75) is 142 Å². The molecule has 0 spiro atoms. The lowest BCUT2D eigenvalue weighted by molar-refractivity contribution is -0.226. The second kappa shape index (κ2) is 10.9. The highest BCUT2D eigenvalue weighted by Gasteiger charge is 2.66. The van der Waals surface area contributed by atoms with Gasteiger partial charge in [0.2, 0.25) is 0 Å². The predicted molar refractivity (Wildman–Crippen MR) is 157 cm³/mol. The maximum Gasteiger partial charge on any atom is 0.310 e. The molecule has 0 heterocycles. The fourth-order valence-electron chi connectivity index (χ4n) is 11.2. The van der Waals surface area contributed by atoms with Crippen molar-refractivity contribution < 1.29 is 35.1 Å². The second-order valence-electron chi connectivity index (χ2n) is 15.8. The first kappa shape index (κ1) is 31.4. The van der Waals surface area contributed by atoms with Crippen LogP contribution in [-0.2, 0) is 9.53 Å². The third kappa shape index (κ3) is 4.94. The average molecular weight is 577 g/mol. The van der Waals surface area contributed by atoms with Crippen LogP contribution in [0.2, 0.25) is 0 Å². The van der Waals surface area contributed by atoms with E-state index in [-0.39, 0.29) is 28.6 Å². The lowest BCUT2D eigenvalue weighted by atomic mass is 9.37. The zero-order valence-corrected chi connectivity index (χ0v) is 26.2. The van der Waals surface area contributed by atoms with E-state index < -0.39 is 41.6 Å². The Morgan fingerprint density at radius 1 is 0.951 bits per heavy atom. The van der Waals surface area contributed by atoms with E-state index in [0.29, 0.717) is 24.2 Å². The number of aliphatic hydroxyl groups excluding tert-OH is 2. The minimum Gasteiger partial charge on any atom is -0.481 e. The number of aliphatic hydroxyl groups is 4. The first-order valence-electron chi connectivity index (χ1n) is 16.4. The molecule has 5 rings (SSSR count). The zero-order chi connectivity index (χ0) is 30.1. The first-order valence-corrected chi connectivity index (χ1v) is 16.4. The summed E-state index contributed by atoms with van der Waals surface area (Å²) in [6.45, 7) is 12.5. The van der Waals surface area contributed by atoms with Gasteiger partial charge in [0.25, 0.3) is 0 Å². The summed E-state index contributed by atoms with van der Waals surface area (Å²) in [6.07, 6.45) is 8.12. The first-order chi connectivity index (χ1) is 19.1. The van der Waals surface area contributed by atoms with Crippen LogP contribution in [0.5, 0.6) is 0 Å². The standard InChI is InChI=1S/C34H56O7/c1-19-9-15-34(30(38)39)16-11-24-23(25(34)17-19)7-8-27-31(24,4)14-12-28-32(27,5)13-10-22(33(28,6)40)18-26(29(36)37)41-21(3)20(2)35/h7,19-22,24-29,35-37,40H,8-18H2,1-6H3,(H,38,39)/t19?,20?,21?,22?,24?,25?,26?,27?,28?,31?,32?,33-,34?/m1/s1. The highest BCUT2D eigenvalue weighted by atomic mass is 16.6. The number of carbonyl (C=O) groups is 1. The van der Waals surface area contributed by atoms with E-state index in [0.717, 1.165) is 64.2 Å². The van der Waals surface area contributed by atoms with Gasteiger partial charge in [-0.3, -0.25) is 4.79 Å². The van der Waals surface area contributed by atoms with Gasteiger partial charge in [-0.2, -0.15) is 0 Å². The fourth-order valence-corrected chi connectivity index (χ4v) is 11.2. The second-order valence-corrected chi connectivity index (χ2v) is 15.8. The van der Waals surface area contributed by atoms with Gasteiger partial charge in [-0.25, -0.2) is 0 Å². The highest BCUT2D eigenvalue weighted by Crippen LogP contribution is 2.71. The average Bonchev–Trinajstić information content (AvgIpc) is 2.88. The lowest BCUT2D eigenvalue weighted by Gasteiger charge is -2.67. The van der Waals surface area contributed by atoms with Gasteiger partial charge in [0, 0.05) is 0 Å². The SMILES string of the molecule is CC1CCC2(C(=O)O)CCC3C(=CCC4C3(C)CCC3C4(C)CCC(CC(OC(C)C(C)O)C(O)O)[C@@]3(C)O)C2C1. The third-order valence-electron chi connectivity index (χ3n) is 13.7. The molecule has 5 aliphatic carbocycles. The molecule has 4 saturated carbocycles. The molecule has 0 amide bonds. The van der Waals surface area contributed by atoms with Crippen molar-refractivity contribution in [3.8, 4) is 0 Å². The monoisotopic (exact) mass is 576 g/mol. The molecule has 0 aromatic heterocycles. The molecule has 0 bridgehead atoms. The van der Waals surface area contributed by atoms with Gasteiger partial charge in [0.1, 0.15) is 6.10 Å². The number of carboxylic acids is 1. The van der Waals surface area contributed by atoms with E-state index in [1.54, 1.807) is 13.8 Å². The smallest absolute Gasteiger partial charge is 0.310 e. The van der Waals surface area contributed by atoms with Crippen LogP contribution >= 0.6 is 0 Å². The van der Waals surface area contributed by atoms with Crippen LogP contribution < -0.4 is 0 Å². The quantitative estimate of drug-likeness (QED) is 0.206. The van der Waals surface area contributed by atoms with E-state index >= 15 is 0 Å². The van der Waals surface area contributed by atoms with Gasteiger partial charge in [-0.15, -0.1) is 0 Å². The summed E-state index contributed by atoms with van der Waals surface area (Å²) in [5, 5.41) is 52.8. The van der Waals surface area contributed by atoms with Crippen molar-refractivity contribution in [1.82, 2.24) is 0 Å². The zero-order valence-electron chi connectivity index (χ0n) is 26.2. The number of carboxylic acid groups (broad SMARTS) is 1. The predicted octanol–water partition coefficient (Wildman–Crippen LogP) is 5.29. The van der Waals surface area contributed by atoms with E-state index in [1.807, 2.05) is 6.92 Å². The summed E-state index contributed by atoms with van der Waals surface area (Å²) in [6, 6.07) is 0. The number of allylic oxidation sites excluding steroid dienone is 2. The van der Waals surface area contributed by atoms with Crippen LogP contribution in [0, 0.1) is 51.8 Å². The molecule has 41 heavy (non-hydrogen) atoms. The molecule has 234 valence electrons. The molecule has 0 aromatic carbocycles. The summed E-state index contributed by atoms with van der Waals surface area (Å²) in [5.41, 5.74) is -0.106. The molecule has 4 fully saturated rings. The lowest BCUT2D eigenvalue weighted by Crippen LogP contribution is -2.64. The molecule has 0 aliphatic heterocycles. The van der Waals surface area contributed by atoms with Crippen LogP contribution in [0.4, 0.5) is 0 Å². The molecule has 0 radical (unpaired) electrons. The highest BCUT2D eigenvalue weighted by molar-refractivity contribution is 5.76. The van der Waals surface area contributed by atoms with Gasteiger partial charge in [-0.05, 0) is 138 Å². The van der Waals surface area contributed by atoms with Crippen molar-refractivity contribution in [1.29, 1.82) is 0 Å². The van der Waals surface area contributed by atoms with Crippen LogP contribution in [-0.4, -0.2) is 61.7 Å². The number of aliphatic carboxylic acids is 1. The summed E-state index contributed by atoms with van der Waals surface area (Å²) in [4.78, 5) is 12.7. The van der Waals surface area contributed by atoms with E-state index in [4.69, 9.17) is 4.74 Å². The Balaban J connectivity index is 1.40. The van der Waals surface area contributed by atoms with Gasteiger partial charge >= 0.3 is 5.97 Å². The number of hydrogen-bond acceptors (Lipinski definition) is 6. The number of fused-ring (bicyclic) bond motifs is 7. The Kier molecular flexibility index (Phi) is 8.33. The Hall–Kier alpha value is -0.990. The molecular formula is C34H56O7. The van der Waals surface area contributed by atoms with E-state index in [9.17, 15) is 30.3 Å². The van der Waals surface area contributed by atoms with Crippen molar-refractivity contribution in [3.05, 3.63) is 11.6 Å². The van der Waals surface area contributed by atoms with Crippen molar-refractivity contribution in [2.24, 2.45) is 51.8 Å². The molecule has 13 atom stereocenters. The summed E-state index contributed by atoms with van der Waals surface area (Å²) < 4.78 is 5.86. The van der Waals surface area contributed by atoms with Gasteiger partial charge in [0.15, 0.2) is 6.29 Å². The van der Waals surface area contributed by atoms with Crippen LogP contribution in [0.15, 0.2) is 11.6 Å². The molecule has 5 N–H and O–H groups in total. The normalized spacial score (nSPS) is 48.1. The molecule has 0 aromatic rings. The van der Waals surface area contributed by atoms with Crippen molar-refractivity contribution in [3.63, 3.8) is 0 Å². The minimum atomic E-state index is -1.68. The van der Waals surface area contributed by atoms with Crippen LogP contribution in [0.1, 0.15) is 112 Å². The maximum absolute atomic E-state index is 12.7. The van der Waals surface area contributed by atoms with Crippen LogP contribution in [0.25, 0.3) is 0 Å². The number of hydrogen-bond donors (Lipinski definition) is 5. The van der Waals surface area contributed by atoms with Gasteiger partial charge < -0.3 is 30.3 Å². The topological polar surface area (TPSA) is 127 Å². The van der Waals surface area contributed by atoms with Crippen molar-refractivity contribution in [2.75, 3.05) is 0 Å². The molecule has 7 heteroatoms. The molecule has 0 saturated heterocycles. The largest absolute Gasteiger partial charge is 0.481 e.